The van der Waals surface area contributed by atoms with Crippen molar-refractivity contribution in [3.05, 3.63) is 47.5 Å². The molecule has 6 nitrogen and oxygen atoms in total. The number of benzene rings is 2. The molecule has 0 aliphatic carbocycles. The maximum absolute atomic E-state index is 5.32. The monoisotopic (exact) mass is 342 g/mol. The van der Waals surface area contributed by atoms with Gasteiger partial charge in [0.1, 0.15) is 5.75 Å². The molecule has 0 saturated carbocycles. The summed E-state index contributed by atoms with van der Waals surface area (Å²) in [5.74, 6) is 2.48. The zero-order valence-corrected chi connectivity index (χ0v) is 15.1. The van der Waals surface area contributed by atoms with Crippen LogP contribution in [-0.4, -0.2) is 40.4 Å². The molecule has 132 valence electrons. The lowest BCUT2D eigenvalue weighted by atomic mass is 10.1. The standard InChI is InChI=1S/C19H22N2O4/c1-13(15-6-8-16(22-2)9-7-15)21-20-12-14-10-17(23-3)19(25-5)18(11-14)24-4/h6-12H,1-5H3/b20-12?,21-13+. The van der Waals surface area contributed by atoms with Crippen LogP contribution in [0.2, 0.25) is 0 Å². The third-order valence-corrected chi connectivity index (χ3v) is 3.61. The summed E-state index contributed by atoms with van der Waals surface area (Å²) in [6.07, 6.45) is 1.64. The summed E-state index contributed by atoms with van der Waals surface area (Å²) in [4.78, 5) is 0. The van der Waals surface area contributed by atoms with E-state index in [-0.39, 0.29) is 0 Å². The molecule has 0 heterocycles. The summed E-state index contributed by atoms with van der Waals surface area (Å²) >= 11 is 0. The molecule has 0 saturated heterocycles. The predicted octanol–water partition coefficient (Wildman–Crippen LogP) is 3.56. The largest absolute Gasteiger partial charge is 0.497 e. The van der Waals surface area contributed by atoms with E-state index < -0.39 is 0 Å². The second kappa shape index (κ2) is 8.73. The number of nitrogens with zero attached hydrogens (tertiary/aromatic N) is 2. The Morgan fingerprint density at radius 3 is 1.92 bits per heavy atom. The van der Waals surface area contributed by atoms with Gasteiger partial charge in [-0.05, 0) is 48.9 Å². The first-order valence-corrected chi connectivity index (χ1v) is 7.65. The molecule has 0 atom stereocenters. The molecule has 0 aromatic heterocycles. The van der Waals surface area contributed by atoms with Gasteiger partial charge in [-0.2, -0.15) is 10.2 Å². The van der Waals surface area contributed by atoms with E-state index >= 15 is 0 Å². The van der Waals surface area contributed by atoms with Gasteiger partial charge in [-0.25, -0.2) is 0 Å². The van der Waals surface area contributed by atoms with Crippen molar-refractivity contribution >= 4 is 11.9 Å². The fourth-order valence-corrected chi connectivity index (χ4v) is 2.25. The van der Waals surface area contributed by atoms with Crippen LogP contribution in [0.3, 0.4) is 0 Å². The predicted molar refractivity (Wildman–Crippen MR) is 98.9 cm³/mol. The van der Waals surface area contributed by atoms with E-state index in [1.807, 2.05) is 43.3 Å². The van der Waals surface area contributed by atoms with Crippen molar-refractivity contribution < 1.29 is 18.9 Å². The second-order valence-corrected chi connectivity index (χ2v) is 5.12. The summed E-state index contributed by atoms with van der Waals surface area (Å²) < 4.78 is 21.1. The maximum atomic E-state index is 5.32. The van der Waals surface area contributed by atoms with Crippen molar-refractivity contribution in [3.63, 3.8) is 0 Å². The Balaban J connectivity index is 2.22. The molecule has 0 aliphatic heterocycles. The quantitative estimate of drug-likeness (QED) is 0.570. The van der Waals surface area contributed by atoms with E-state index in [1.165, 1.54) is 0 Å². The SMILES string of the molecule is COc1ccc(/C(C)=N/N=Cc2cc(OC)c(OC)c(OC)c2)cc1. The summed E-state index contributed by atoms with van der Waals surface area (Å²) in [6.45, 7) is 1.90. The summed E-state index contributed by atoms with van der Waals surface area (Å²) in [5.41, 5.74) is 2.56. The van der Waals surface area contributed by atoms with Crippen molar-refractivity contribution in [3.8, 4) is 23.0 Å². The van der Waals surface area contributed by atoms with Gasteiger partial charge in [0.05, 0.1) is 40.4 Å². The van der Waals surface area contributed by atoms with Gasteiger partial charge in [-0.3, -0.25) is 0 Å². The molecule has 2 aromatic carbocycles. The topological polar surface area (TPSA) is 61.6 Å². The van der Waals surface area contributed by atoms with Crippen LogP contribution < -0.4 is 18.9 Å². The molecule has 0 amide bonds. The van der Waals surface area contributed by atoms with Crippen molar-refractivity contribution in [2.75, 3.05) is 28.4 Å². The van der Waals surface area contributed by atoms with Gasteiger partial charge in [0.15, 0.2) is 11.5 Å². The lowest BCUT2D eigenvalue weighted by Gasteiger charge is -2.12. The van der Waals surface area contributed by atoms with Crippen LogP contribution in [-0.2, 0) is 0 Å². The number of ether oxygens (including phenoxy) is 4. The normalized spacial score (nSPS) is 11.5. The first-order valence-electron chi connectivity index (χ1n) is 7.65. The van der Waals surface area contributed by atoms with Crippen LogP contribution in [0.4, 0.5) is 0 Å². The molecular formula is C19H22N2O4. The van der Waals surface area contributed by atoms with E-state index in [9.17, 15) is 0 Å². The van der Waals surface area contributed by atoms with Crippen LogP contribution in [0.15, 0.2) is 46.6 Å². The van der Waals surface area contributed by atoms with E-state index in [0.717, 1.165) is 22.6 Å². The van der Waals surface area contributed by atoms with E-state index in [2.05, 4.69) is 10.2 Å². The van der Waals surface area contributed by atoms with Gasteiger partial charge in [0.2, 0.25) is 5.75 Å². The highest BCUT2D eigenvalue weighted by molar-refractivity contribution is 5.99. The zero-order chi connectivity index (χ0) is 18.2. The van der Waals surface area contributed by atoms with Crippen molar-refractivity contribution in [1.82, 2.24) is 0 Å². The molecule has 6 heteroatoms. The van der Waals surface area contributed by atoms with Crippen molar-refractivity contribution in [2.24, 2.45) is 10.2 Å². The Hall–Kier alpha value is -3.02. The minimum Gasteiger partial charge on any atom is -0.497 e. The lowest BCUT2D eigenvalue weighted by molar-refractivity contribution is 0.324. The van der Waals surface area contributed by atoms with Crippen molar-refractivity contribution in [1.29, 1.82) is 0 Å². The Labute approximate surface area is 147 Å². The molecule has 2 aromatic rings. The second-order valence-electron chi connectivity index (χ2n) is 5.12. The Bertz CT molecular complexity index is 742. The maximum Gasteiger partial charge on any atom is 0.203 e. The Morgan fingerprint density at radius 2 is 1.44 bits per heavy atom. The third kappa shape index (κ3) is 4.50. The average Bonchev–Trinajstić information content (AvgIpc) is 2.66. The third-order valence-electron chi connectivity index (χ3n) is 3.61. The smallest absolute Gasteiger partial charge is 0.203 e. The van der Waals surface area contributed by atoms with Crippen molar-refractivity contribution in [2.45, 2.75) is 6.92 Å². The van der Waals surface area contributed by atoms with E-state index in [1.54, 1.807) is 34.7 Å². The Morgan fingerprint density at radius 1 is 0.840 bits per heavy atom. The van der Waals surface area contributed by atoms with Gasteiger partial charge in [0, 0.05) is 5.56 Å². The lowest BCUT2D eigenvalue weighted by Crippen LogP contribution is -1.97. The first kappa shape index (κ1) is 18.3. The van der Waals surface area contributed by atoms with E-state index in [4.69, 9.17) is 18.9 Å². The molecule has 0 radical (unpaired) electrons. The molecule has 0 unspecified atom stereocenters. The zero-order valence-electron chi connectivity index (χ0n) is 15.1. The van der Waals surface area contributed by atoms with Crippen LogP contribution in [0.5, 0.6) is 23.0 Å². The fourth-order valence-electron chi connectivity index (χ4n) is 2.25. The molecule has 25 heavy (non-hydrogen) atoms. The molecule has 0 bridgehead atoms. The van der Waals surface area contributed by atoms with Gasteiger partial charge < -0.3 is 18.9 Å². The molecular weight excluding hydrogens is 320 g/mol. The Kier molecular flexibility index (Phi) is 6.39. The highest BCUT2D eigenvalue weighted by Crippen LogP contribution is 2.37. The van der Waals surface area contributed by atoms with Crippen LogP contribution in [0.25, 0.3) is 0 Å². The molecule has 2 rings (SSSR count). The van der Waals surface area contributed by atoms with Crippen LogP contribution in [0.1, 0.15) is 18.1 Å². The van der Waals surface area contributed by atoms with E-state index in [0.29, 0.717) is 17.2 Å². The molecule has 0 N–H and O–H groups in total. The van der Waals surface area contributed by atoms with Gasteiger partial charge in [0.25, 0.3) is 0 Å². The highest BCUT2D eigenvalue weighted by Gasteiger charge is 2.12. The number of hydrogen-bond acceptors (Lipinski definition) is 6. The van der Waals surface area contributed by atoms with Crippen LogP contribution >= 0.6 is 0 Å². The molecule has 0 aliphatic rings. The van der Waals surface area contributed by atoms with Gasteiger partial charge in [-0.15, -0.1) is 0 Å². The van der Waals surface area contributed by atoms with Gasteiger partial charge in [-0.1, -0.05) is 0 Å². The molecule has 0 spiro atoms. The summed E-state index contributed by atoms with van der Waals surface area (Å²) in [5, 5.41) is 8.38. The number of hydrogen-bond donors (Lipinski definition) is 0. The summed E-state index contributed by atoms with van der Waals surface area (Å²) in [6, 6.07) is 11.3. The fraction of sp³-hybridized carbons (Fsp3) is 0.263. The average molecular weight is 342 g/mol. The number of rotatable bonds is 7. The van der Waals surface area contributed by atoms with Crippen LogP contribution in [0, 0.1) is 0 Å². The molecule has 0 fully saturated rings. The first-order chi connectivity index (χ1) is 12.1. The van der Waals surface area contributed by atoms with Gasteiger partial charge >= 0.3 is 0 Å². The number of methoxy groups -OCH3 is 4. The minimum absolute atomic E-state index is 0.542. The minimum atomic E-state index is 0.542. The highest BCUT2D eigenvalue weighted by atomic mass is 16.5. The summed E-state index contributed by atoms with van der Waals surface area (Å²) in [7, 11) is 6.35.